The quantitative estimate of drug-likeness (QED) is 0.441. The van der Waals surface area contributed by atoms with Gasteiger partial charge in [0.25, 0.3) is 0 Å². The molecule has 5 nitrogen and oxygen atoms in total. The van der Waals surface area contributed by atoms with Crippen LogP contribution in [-0.2, 0) is 18.3 Å². The van der Waals surface area contributed by atoms with Crippen LogP contribution in [-0.4, -0.2) is 31.3 Å². The lowest BCUT2D eigenvalue weighted by molar-refractivity contribution is -0.116. The third-order valence-electron chi connectivity index (χ3n) is 4.59. The number of thioether (sulfide) groups is 1. The summed E-state index contributed by atoms with van der Waals surface area (Å²) in [7, 11) is 1.93. The van der Waals surface area contributed by atoms with Crippen LogP contribution < -0.4 is 0 Å². The second-order valence-corrected chi connectivity index (χ2v) is 7.53. The van der Waals surface area contributed by atoms with Crippen molar-refractivity contribution in [2.75, 3.05) is 5.75 Å². The van der Waals surface area contributed by atoms with Gasteiger partial charge in [-0.3, -0.25) is 9.78 Å². The molecule has 2 aromatic carbocycles. The summed E-state index contributed by atoms with van der Waals surface area (Å²) in [5, 5.41) is 10.4. The Hall–Kier alpha value is -2.99. The van der Waals surface area contributed by atoms with E-state index in [1.165, 1.54) is 17.3 Å². The first kappa shape index (κ1) is 18.4. The van der Waals surface area contributed by atoms with Crippen molar-refractivity contribution < 1.29 is 4.79 Å². The van der Waals surface area contributed by atoms with E-state index < -0.39 is 0 Å². The Morgan fingerprint density at radius 1 is 1.04 bits per heavy atom. The topological polar surface area (TPSA) is 60.7 Å². The second-order valence-electron chi connectivity index (χ2n) is 6.59. The van der Waals surface area contributed by atoms with Gasteiger partial charge in [-0.25, -0.2) is 0 Å². The van der Waals surface area contributed by atoms with E-state index in [1.807, 2.05) is 54.1 Å². The summed E-state index contributed by atoms with van der Waals surface area (Å²) in [4.78, 5) is 16.6. The predicted molar refractivity (Wildman–Crippen MR) is 112 cm³/mol. The molecule has 0 bridgehead atoms. The zero-order chi connectivity index (χ0) is 19.3. The Bertz CT molecular complexity index is 1110. The maximum atomic E-state index is 12.2. The van der Waals surface area contributed by atoms with E-state index in [0.29, 0.717) is 12.2 Å². The molecule has 2 heterocycles. The normalized spacial score (nSPS) is 11.0. The highest BCUT2D eigenvalue weighted by Gasteiger charge is 2.13. The van der Waals surface area contributed by atoms with Crippen molar-refractivity contribution in [3.63, 3.8) is 0 Å². The number of rotatable bonds is 7. The number of carbonyl (C=O) groups is 1. The number of aromatic nitrogens is 4. The van der Waals surface area contributed by atoms with E-state index in [4.69, 9.17) is 0 Å². The van der Waals surface area contributed by atoms with Crippen molar-refractivity contribution in [3.05, 3.63) is 72.4 Å². The summed E-state index contributed by atoms with van der Waals surface area (Å²) in [5.41, 5.74) is 3.12. The molecule has 0 unspecified atom stereocenters. The summed E-state index contributed by atoms with van der Waals surface area (Å²) < 4.78 is 1.94. The number of aryl methyl sites for hydroxylation is 1. The molecule has 0 amide bonds. The van der Waals surface area contributed by atoms with Gasteiger partial charge in [0.05, 0.1) is 11.3 Å². The Morgan fingerprint density at radius 2 is 1.89 bits per heavy atom. The Labute approximate surface area is 167 Å². The molecule has 0 aliphatic rings. The first-order valence-corrected chi connectivity index (χ1v) is 10.1. The van der Waals surface area contributed by atoms with Crippen molar-refractivity contribution in [3.8, 4) is 11.4 Å². The van der Waals surface area contributed by atoms with Gasteiger partial charge in [0.15, 0.2) is 11.0 Å². The lowest BCUT2D eigenvalue weighted by Crippen LogP contribution is -2.04. The zero-order valence-corrected chi connectivity index (χ0v) is 16.4. The first-order valence-electron chi connectivity index (χ1n) is 9.14. The minimum Gasteiger partial charge on any atom is -0.305 e. The molecule has 0 atom stereocenters. The van der Waals surface area contributed by atoms with Gasteiger partial charge in [0.1, 0.15) is 5.78 Å². The predicted octanol–water partition coefficient (Wildman–Crippen LogP) is 4.32. The molecule has 28 heavy (non-hydrogen) atoms. The summed E-state index contributed by atoms with van der Waals surface area (Å²) in [6.45, 7) is 0. The molecule has 0 saturated heterocycles. The van der Waals surface area contributed by atoms with Crippen LogP contribution in [0.3, 0.4) is 0 Å². The maximum Gasteiger partial charge on any atom is 0.191 e. The Kier molecular flexibility index (Phi) is 5.48. The van der Waals surface area contributed by atoms with E-state index in [-0.39, 0.29) is 5.78 Å². The van der Waals surface area contributed by atoms with Crippen molar-refractivity contribution in [2.45, 2.75) is 18.0 Å². The van der Waals surface area contributed by atoms with Gasteiger partial charge in [-0.05, 0) is 36.2 Å². The number of hydrogen-bond donors (Lipinski definition) is 0. The van der Waals surface area contributed by atoms with Crippen LogP contribution in [0.1, 0.15) is 12.0 Å². The number of Topliss-reactive ketones (excluding diaryl/α,β-unsaturated/α-hetero) is 1. The standard InChI is InChI=1S/C22H20N4OS/c1-26-21(18-10-12-20-17(14-18)8-5-13-23-20)24-25-22(26)28-15-19(27)11-9-16-6-3-2-4-7-16/h2-8,10,12-14H,9,11,15H2,1H3. The smallest absolute Gasteiger partial charge is 0.191 e. The largest absolute Gasteiger partial charge is 0.305 e. The monoisotopic (exact) mass is 388 g/mol. The van der Waals surface area contributed by atoms with Crippen LogP contribution in [0.2, 0.25) is 0 Å². The molecule has 0 N–H and O–H groups in total. The number of carbonyl (C=O) groups excluding carboxylic acids is 1. The molecular weight excluding hydrogens is 368 g/mol. The number of ketones is 1. The molecule has 2 aromatic heterocycles. The summed E-state index contributed by atoms with van der Waals surface area (Å²) in [6.07, 6.45) is 3.10. The summed E-state index contributed by atoms with van der Waals surface area (Å²) in [5.74, 6) is 1.40. The van der Waals surface area contributed by atoms with E-state index in [2.05, 4.69) is 33.4 Å². The van der Waals surface area contributed by atoms with Crippen LogP contribution in [0, 0.1) is 0 Å². The first-order chi connectivity index (χ1) is 13.7. The minimum absolute atomic E-state index is 0.218. The van der Waals surface area contributed by atoms with E-state index in [9.17, 15) is 4.79 Å². The molecule has 4 rings (SSSR count). The molecule has 0 radical (unpaired) electrons. The summed E-state index contributed by atoms with van der Waals surface area (Å²) in [6, 6.07) is 20.1. The fourth-order valence-electron chi connectivity index (χ4n) is 3.05. The minimum atomic E-state index is 0.218. The third-order valence-corrected chi connectivity index (χ3v) is 5.67. The van der Waals surface area contributed by atoms with Crippen LogP contribution in [0.4, 0.5) is 0 Å². The van der Waals surface area contributed by atoms with Crippen LogP contribution in [0.5, 0.6) is 0 Å². The summed E-state index contributed by atoms with van der Waals surface area (Å²) >= 11 is 1.44. The molecule has 0 fully saturated rings. The van der Waals surface area contributed by atoms with Gasteiger partial charge in [-0.2, -0.15) is 0 Å². The van der Waals surface area contributed by atoms with Crippen molar-refractivity contribution in [1.29, 1.82) is 0 Å². The van der Waals surface area contributed by atoms with Crippen LogP contribution in [0.15, 0.2) is 72.0 Å². The molecule has 6 heteroatoms. The third kappa shape index (κ3) is 4.12. The lowest BCUT2D eigenvalue weighted by Gasteiger charge is -2.05. The number of benzene rings is 2. The molecule has 140 valence electrons. The van der Waals surface area contributed by atoms with E-state index in [1.54, 1.807) is 6.20 Å². The number of pyridine rings is 1. The van der Waals surface area contributed by atoms with Crippen molar-refractivity contribution in [2.24, 2.45) is 7.05 Å². The van der Waals surface area contributed by atoms with Gasteiger partial charge < -0.3 is 4.57 Å². The molecule has 0 aliphatic heterocycles. The Morgan fingerprint density at radius 3 is 2.75 bits per heavy atom. The van der Waals surface area contributed by atoms with E-state index in [0.717, 1.165) is 33.9 Å². The van der Waals surface area contributed by atoms with Gasteiger partial charge in [-0.15, -0.1) is 10.2 Å². The fourth-order valence-corrected chi connectivity index (χ4v) is 3.87. The highest BCUT2D eigenvalue weighted by Crippen LogP contribution is 2.25. The SMILES string of the molecule is Cn1c(SCC(=O)CCc2ccccc2)nnc1-c1ccc2ncccc2c1. The number of fused-ring (bicyclic) bond motifs is 1. The number of nitrogens with zero attached hydrogens (tertiary/aromatic N) is 4. The highest BCUT2D eigenvalue weighted by atomic mass is 32.2. The molecule has 0 aliphatic carbocycles. The molecule has 4 aromatic rings. The van der Waals surface area contributed by atoms with E-state index >= 15 is 0 Å². The van der Waals surface area contributed by atoms with Gasteiger partial charge in [0, 0.05) is 30.6 Å². The van der Waals surface area contributed by atoms with Crippen molar-refractivity contribution >= 4 is 28.4 Å². The molecule has 0 saturated carbocycles. The van der Waals surface area contributed by atoms with Crippen LogP contribution in [0.25, 0.3) is 22.3 Å². The van der Waals surface area contributed by atoms with Gasteiger partial charge in [-0.1, -0.05) is 48.2 Å². The lowest BCUT2D eigenvalue weighted by atomic mass is 10.1. The van der Waals surface area contributed by atoms with Gasteiger partial charge >= 0.3 is 0 Å². The highest BCUT2D eigenvalue weighted by molar-refractivity contribution is 7.99. The molecular formula is C22H20N4OS. The van der Waals surface area contributed by atoms with Crippen LogP contribution >= 0.6 is 11.8 Å². The fraction of sp³-hybridized carbons (Fsp3) is 0.182. The maximum absolute atomic E-state index is 12.2. The number of hydrogen-bond acceptors (Lipinski definition) is 5. The Balaban J connectivity index is 1.41. The molecule has 0 spiro atoms. The van der Waals surface area contributed by atoms with Gasteiger partial charge in [0.2, 0.25) is 0 Å². The van der Waals surface area contributed by atoms with Crippen molar-refractivity contribution in [1.82, 2.24) is 19.7 Å². The second kappa shape index (κ2) is 8.35. The average molecular weight is 388 g/mol. The average Bonchev–Trinajstić information content (AvgIpc) is 3.11. The zero-order valence-electron chi connectivity index (χ0n) is 15.6.